The largest absolute Gasteiger partial charge is 0.493 e. The van der Waals surface area contributed by atoms with Gasteiger partial charge in [0.1, 0.15) is 5.60 Å². The van der Waals surface area contributed by atoms with Gasteiger partial charge in [-0.3, -0.25) is 10.4 Å². The quantitative estimate of drug-likeness (QED) is 0.354. The number of aromatic hydroxyl groups is 1. The number of aromatic amines is 1. The SMILES string of the molecule is CC(C)(C)OC(=O)NCc1ccc(CNc2nc(Cl)nc(Nn3cc(O)[nH]c3=O)n2)cc1. The average molecular weight is 463 g/mol. The van der Waals surface area contributed by atoms with Gasteiger partial charge in [0.15, 0.2) is 0 Å². The number of anilines is 2. The van der Waals surface area contributed by atoms with Crippen LogP contribution in [0.4, 0.5) is 16.7 Å². The summed E-state index contributed by atoms with van der Waals surface area (Å²) in [6.45, 7) is 6.15. The zero-order valence-corrected chi connectivity index (χ0v) is 18.4. The first-order chi connectivity index (χ1) is 15.1. The Balaban J connectivity index is 1.56. The maximum Gasteiger partial charge on any atom is 0.407 e. The molecule has 13 heteroatoms. The van der Waals surface area contributed by atoms with Crippen molar-refractivity contribution in [3.05, 3.63) is 57.4 Å². The lowest BCUT2D eigenvalue weighted by Crippen LogP contribution is -2.32. The third-order valence-corrected chi connectivity index (χ3v) is 4.01. The third-order valence-electron chi connectivity index (χ3n) is 3.84. The minimum atomic E-state index is -0.602. The fraction of sp³-hybridized carbons (Fsp3) is 0.316. The Morgan fingerprint density at radius 1 is 1.12 bits per heavy atom. The van der Waals surface area contributed by atoms with E-state index in [0.29, 0.717) is 13.1 Å². The molecule has 0 radical (unpaired) electrons. The molecule has 0 saturated carbocycles. The summed E-state index contributed by atoms with van der Waals surface area (Å²) in [4.78, 5) is 37.6. The summed E-state index contributed by atoms with van der Waals surface area (Å²) in [6, 6.07) is 7.55. The normalized spacial score (nSPS) is 11.1. The van der Waals surface area contributed by atoms with Gasteiger partial charge in [-0.15, -0.1) is 0 Å². The molecule has 0 saturated heterocycles. The summed E-state index contributed by atoms with van der Waals surface area (Å²) in [6.07, 6.45) is 0.656. The number of halogens is 1. The Hall–Kier alpha value is -3.80. The number of imidazole rings is 1. The van der Waals surface area contributed by atoms with Crippen molar-refractivity contribution < 1.29 is 14.6 Å². The van der Waals surface area contributed by atoms with E-state index >= 15 is 0 Å². The molecule has 2 heterocycles. The second-order valence-electron chi connectivity index (χ2n) is 7.70. The van der Waals surface area contributed by atoms with Crippen LogP contribution in [-0.2, 0) is 17.8 Å². The number of alkyl carbamates (subject to hydrolysis) is 1. The Bertz CT molecular complexity index is 1140. The first-order valence-corrected chi connectivity index (χ1v) is 9.93. The van der Waals surface area contributed by atoms with Crippen molar-refractivity contribution in [2.45, 2.75) is 39.5 Å². The predicted molar refractivity (Wildman–Crippen MR) is 117 cm³/mol. The highest BCUT2D eigenvalue weighted by atomic mass is 35.5. The zero-order valence-electron chi connectivity index (χ0n) is 17.6. The Morgan fingerprint density at radius 2 is 1.75 bits per heavy atom. The maximum absolute atomic E-state index is 11.7. The molecule has 170 valence electrons. The van der Waals surface area contributed by atoms with Gasteiger partial charge in [-0.1, -0.05) is 24.3 Å². The Morgan fingerprint density at radius 3 is 2.34 bits per heavy atom. The van der Waals surface area contributed by atoms with Crippen LogP contribution in [0, 0.1) is 0 Å². The number of hydrogen-bond donors (Lipinski definition) is 5. The molecule has 2 aromatic heterocycles. The van der Waals surface area contributed by atoms with Crippen molar-refractivity contribution in [1.82, 2.24) is 29.9 Å². The number of hydrogen-bond acceptors (Lipinski definition) is 9. The summed E-state index contributed by atoms with van der Waals surface area (Å²) in [5.74, 6) is -0.112. The van der Waals surface area contributed by atoms with Crippen LogP contribution in [-0.4, -0.2) is 41.4 Å². The summed E-state index contributed by atoms with van der Waals surface area (Å²) in [5, 5.41) is 15.0. The van der Waals surface area contributed by atoms with E-state index < -0.39 is 17.4 Å². The molecule has 0 aliphatic rings. The fourth-order valence-electron chi connectivity index (χ4n) is 2.50. The second kappa shape index (κ2) is 9.56. The molecule has 5 N–H and O–H groups in total. The Labute approximate surface area is 188 Å². The highest BCUT2D eigenvalue weighted by Crippen LogP contribution is 2.12. The van der Waals surface area contributed by atoms with E-state index in [0.717, 1.165) is 22.0 Å². The average Bonchev–Trinajstić information content (AvgIpc) is 3.00. The number of rotatable bonds is 7. The van der Waals surface area contributed by atoms with Crippen molar-refractivity contribution >= 4 is 29.6 Å². The number of aromatic nitrogens is 5. The predicted octanol–water partition coefficient (Wildman–Crippen LogP) is 2.23. The van der Waals surface area contributed by atoms with Gasteiger partial charge in [0.2, 0.25) is 23.1 Å². The Kier molecular flexibility index (Phi) is 6.83. The third kappa shape index (κ3) is 6.87. The van der Waals surface area contributed by atoms with Crippen LogP contribution in [0.25, 0.3) is 0 Å². The smallest absolute Gasteiger partial charge is 0.407 e. The van der Waals surface area contributed by atoms with Crippen LogP contribution < -0.4 is 21.7 Å². The van der Waals surface area contributed by atoms with Crippen LogP contribution >= 0.6 is 11.6 Å². The van der Waals surface area contributed by atoms with E-state index in [1.807, 2.05) is 24.3 Å². The molecule has 12 nitrogen and oxygen atoms in total. The lowest BCUT2D eigenvalue weighted by Gasteiger charge is -2.19. The summed E-state index contributed by atoms with van der Waals surface area (Å²) < 4.78 is 6.17. The van der Waals surface area contributed by atoms with E-state index in [2.05, 4.69) is 36.0 Å². The molecule has 0 fully saturated rings. The first kappa shape index (κ1) is 22.9. The van der Waals surface area contributed by atoms with Gasteiger partial charge in [-0.2, -0.15) is 15.0 Å². The fourth-order valence-corrected chi connectivity index (χ4v) is 2.66. The van der Waals surface area contributed by atoms with Crippen LogP contribution in [0.3, 0.4) is 0 Å². The minimum Gasteiger partial charge on any atom is -0.493 e. The molecule has 0 atom stereocenters. The monoisotopic (exact) mass is 462 g/mol. The van der Waals surface area contributed by atoms with Crippen LogP contribution in [0.1, 0.15) is 31.9 Å². The second-order valence-corrected chi connectivity index (χ2v) is 8.04. The number of benzene rings is 1. The van der Waals surface area contributed by atoms with Gasteiger partial charge < -0.3 is 20.5 Å². The lowest BCUT2D eigenvalue weighted by molar-refractivity contribution is 0.0523. The molecule has 3 aromatic rings. The summed E-state index contributed by atoms with van der Waals surface area (Å²) in [5.41, 5.74) is 3.29. The first-order valence-electron chi connectivity index (χ1n) is 9.55. The highest BCUT2D eigenvalue weighted by Gasteiger charge is 2.15. The van der Waals surface area contributed by atoms with Gasteiger partial charge >= 0.3 is 11.8 Å². The van der Waals surface area contributed by atoms with E-state index in [4.69, 9.17) is 16.3 Å². The number of carbonyl (C=O) groups excluding carboxylic acids is 1. The van der Waals surface area contributed by atoms with E-state index in [1.165, 1.54) is 0 Å². The molecule has 0 unspecified atom stereocenters. The molecule has 1 aromatic carbocycles. The zero-order chi connectivity index (χ0) is 23.3. The number of H-pyrrole nitrogens is 1. The van der Waals surface area contributed by atoms with Crippen LogP contribution in [0.5, 0.6) is 5.88 Å². The van der Waals surface area contributed by atoms with Gasteiger partial charge in [-0.05, 0) is 43.5 Å². The standard InChI is InChI=1S/C19H23ClN8O4/c1-19(2,3)32-18(31)22-9-12-6-4-11(5-7-12)8-21-15-24-14(20)25-16(26-15)27-28-10-13(29)23-17(28)30/h4-7,10,29H,8-9H2,1-3H3,(H,22,31)(H,23,30)(H2,21,24,25,26,27). The van der Waals surface area contributed by atoms with Crippen LogP contribution in [0.15, 0.2) is 35.3 Å². The summed E-state index contributed by atoms with van der Waals surface area (Å²) >= 11 is 5.93. The molecule has 0 aliphatic heterocycles. The molecule has 3 rings (SSSR count). The van der Waals surface area contributed by atoms with Crippen molar-refractivity contribution in [1.29, 1.82) is 0 Å². The molecule has 1 amide bonds. The molecule has 32 heavy (non-hydrogen) atoms. The van der Waals surface area contributed by atoms with Gasteiger partial charge in [0, 0.05) is 13.1 Å². The van der Waals surface area contributed by atoms with Crippen LogP contribution in [0.2, 0.25) is 5.28 Å². The lowest BCUT2D eigenvalue weighted by atomic mass is 10.1. The summed E-state index contributed by atoms with van der Waals surface area (Å²) in [7, 11) is 0. The van der Waals surface area contributed by atoms with Gasteiger partial charge in [0.05, 0.1) is 6.20 Å². The van der Waals surface area contributed by atoms with Crippen molar-refractivity contribution in [3.63, 3.8) is 0 Å². The molecule has 0 aliphatic carbocycles. The minimum absolute atomic E-state index is 0.0113. The molecular formula is C19H23ClN8O4. The number of ether oxygens (including phenoxy) is 1. The maximum atomic E-state index is 11.7. The molecule has 0 spiro atoms. The van der Waals surface area contributed by atoms with Gasteiger partial charge in [0.25, 0.3) is 0 Å². The number of carbonyl (C=O) groups is 1. The van der Waals surface area contributed by atoms with Crippen molar-refractivity contribution in [3.8, 4) is 5.88 Å². The van der Waals surface area contributed by atoms with E-state index in [1.54, 1.807) is 20.8 Å². The highest BCUT2D eigenvalue weighted by molar-refractivity contribution is 6.28. The topological polar surface area (TPSA) is 159 Å². The molecular weight excluding hydrogens is 440 g/mol. The van der Waals surface area contributed by atoms with E-state index in [9.17, 15) is 14.7 Å². The van der Waals surface area contributed by atoms with E-state index in [-0.39, 0.29) is 23.1 Å². The van der Waals surface area contributed by atoms with Crippen molar-refractivity contribution in [2.24, 2.45) is 0 Å². The molecule has 0 bridgehead atoms. The number of nitrogens with zero attached hydrogens (tertiary/aromatic N) is 4. The van der Waals surface area contributed by atoms with Gasteiger partial charge in [-0.25, -0.2) is 14.3 Å². The number of amides is 1. The van der Waals surface area contributed by atoms with Crippen molar-refractivity contribution in [2.75, 3.05) is 10.7 Å². The number of nitrogens with one attached hydrogen (secondary N) is 4.